The summed E-state index contributed by atoms with van der Waals surface area (Å²) in [6.45, 7) is 3.10. The first-order valence-corrected chi connectivity index (χ1v) is 6.93. The van der Waals surface area contributed by atoms with E-state index in [-0.39, 0.29) is 0 Å². The molecule has 19 heavy (non-hydrogen) atoms. The molecule has 0 spiro atoms. The fourth-order valence-electron chi connectivity index (χ4n) is 2.87. The Morgan fingerprint density at radius 2 is 1.95 bits per heavy atom. The first kappa shape index (κ1) is 12.3. The summed E-state index contributed by atoms with van der Waals surface area (Å²) >= 11 is 0. The summed E-state index contributed by atoms with van der Waals surface area (Å²) in [5.74, 6) is 0.672. The molecule has 0 aliphatic heterocycles. The summed E-state index contributed by atoms with van der Waals surface area (Å²) < 4.78 is 0. The second kappa shape index (κ2) is 5.49. The van der Waals surface area contributed by atoms with Crippen LogP contribution in [0.5, 0.6) is 0 Å². The summed E-state index contributed by atoms with van der Waals surface area (Å²) in [6.07, 6.45) is 4.15. The smallest absolute Gasteiger partial charge is 0.0769 e. The molecule has 0 saturated carbocycles. The number of aromatic nitrogens is 2. The van der Waals surface area contributed by atoms with Crippen LogP contribution >= 0.6 is 0 Å². The third-order valence-corrected chi connectivity index (χ3v) is 3.95. The molecule has 2 unspecified atom stereocenters. The van der Waals surface area contributed by atoms with Crippen LogP contribution < -0.4 is 5.32 Å². The van der Waals surface area contributed by atoms with Gasteiger partial charge in [0.05, 0.1) is 5.69 Å². The number of benzene rings is 1. The van der Waals surface area contributed by atoms with E-state index in [1.54, 1.807) is 6.20 Å². The first-order valence-electron chi connectivity index (χ1n) is 6.93. The van der Waals surface area contributed by atoms with Gasteiger partial charge in [0.15, 0.2) is 0 Å². The van der Waals surface area contributed by atoms with Gasteiger partial charge in [-0.25, -0.2) is 0 Å². The second-order valence-electron chi connectivity index (χ2n) is 5.26. The van der Waals surface area contributed by atoms with Crippen LogP contribution in [0.4, 0.5) is 0 Å². The zero-order chi connectivity index (χ0) is 13.1. The Kier molecular flexibility index (Phi) is 3.56. The number of hydrogen-bond acceptors (Lipinski definition) is 3. The van der Waals surface area contributed by atoms with E-state index in [1.165, 1.54) is 24.0 Å². The minimum Gasteiger partial charge on any atom is -0.304 e. The number of nitrogens with one attached hydrogen (secondary N) is 1. The highest BCUT2D eigenvalue weighted by atomic mass is 15.1. The molecule has 1 aromatic carbocycles. The molecule has 1 N–H and O–H groups in total. The van der Waals surface area contributed by atoms with Gasteiger partial charge < -0.3 is 5.32 Å². The first-order chi connectivity index (χ1) is 9.34. The van der Waals surface area contributed by atoms with E-state index in [1.807, 2.05) is 12.1 Å². The van der Waals surface area contributed by atoms with E-state index >= 15 is 0 Å². The van der Waals surface area contributed by atoms with Gasteiger partial charge in [0.25, 0.3) is 0 Å². The maximum absolute atomic E-state index is 4.12. The summed E-state index contributed by atoms with van der Waals surface area (Å²) in [7, 11) is 0. The number of nitrogens with zero attached hydrogens (tertiary/aromatic N) is 2. The third kappa shape index (κ3) is 2.66. The average Bonchev–Trinajstić information content (AvgIpc) is 2.48. The summed E-state index contributed by atoms with van der Waals surface area (Å²) in [6, 6.07) is 13.2. The van der Waals surface area contributed by atoms with Crippen molar-refractivity contribution in [3.05, 3.63) is 59.4 Å². The lowest BCUT2D eigenvalue weighted by atomic mass is 9.81. The lowest BCUT2D eigenvalue weighted by molar-refractivity contribution is 0.428. The molecule has 3 heteroatoms. The number of hydrogen-bond donors (Lipinski definition) is 1. The van der Waals surface area contributed by atoms with Crippen molar-refractivity contribution in [2.75, 3.05) is 0 Å². The molecule has 1 aliphatic rings. The van der Waals surface area contributed by atoms with Crippen molar-refractivity contribution in [2.24, 2.45) is 0 Å². The van der Waals surface area contributed by atoms with E-state index in [0.29, 0.717) is 12.0 Å². The summed E-state index contributed by atoms with van der Waals surface area (Å²) in [5.41, 5.74) is 3.94. The standard InChI is InChI=1S/C16H19N3/c1-12-8-9-16(15-7-3-2-6-14(12)15)17-11-13-5-4-10-18-19-13/h2-7,10,12,16-17H,8-9,11H2,1H3. The molecular weight excluding hydrogens is 234 g/mol. The fraction of sp³-hybridized carbons (Fsp3) is 0.375. The number of rotatable bonds is 3. The Balaban J connectivity index is 1.74. The largest absolute Gasteiger partial charge is 0.304 e. The van der Waals surface area contributed by atoms with Gasteiger partial charge in [-0.05, 0) is 42.0 Å². The maximum Gasteiger partial charge on any atom is 0.0769 e. The van der Waals surface area contributed by atoms with Gasteiger partial charge in [0, 0.05) is 18.8 Å². The van der Waals surface area contributed by atoms with E-state index in [9.17, 15) is 0 Å². The Morgan fingerprint density at radius 1 is 1.11 bits per heavy atom. The van der Waals surface area contributed by atoms with Crippen molar-refractivity contribution in [3.63, 3.8) is 0 Å². The molecule has 0 amide bonds. The van der Waals surface area contributed by atoms with Crippen molar-refractivity contribution in [3.8, 4) is 0 Å². The molecule has 98 valence electrons. The fourth-order valence-corrected chi connectivity index (χ4v) is 2.87. The molecule has 1 aromatic heterocycles. The van der Waals surface area contributed by atoms with Crippen molar-refractivity contribution in [1.82, 2.24) is 15.5 Å². The van der Waals surface area contributed by atoms with Gasteiger partial charge in [0.1, 0.15) is 0 Å². The highest BCUT2D eigenvalue weighted by molar-refractivity contribution is 5.34. The van der Waals surface area contributed by atoms with E-state index in [4.69, 9.17) is 0 Å². The van der Waals surface area contributed by atoms with Gasteiger partial charge in [-0.1, -0.05) is 31.2 Å². The lowest BCUT2D eigenvalue weighted by Crippen LogP contribution is -2.26. The lowest BCUT2D eigenvalue weighted by Gasteiger charge is -2.30. The second-order valence-corrected chi connectivity index (χ2v) is 5.26. The average molecular weight is 253 g/mol. The van der Waals surface area contributed by atoms with E-state index in [2.05, 4.69) is 46.7 Å². The third-order valence-electron chi connectivity index (χ3n) is 3.95. The zero-order valence-corrected chi connectivity index (χ0v) is 11.2. The maximum atomic E-state index is 4.12. The molecule has 0 radical (unpaired) electrons. The SMILES string of the molecule is CC1CCC(NCc2cccnn2)c2ccccc21. The zero-order valence-electron chi connectivity index (χ0n) is 11.2. The predicted octanol–water partition coefficient (Wildman–Crippen LogP) is 3.20. The number of fused-ring (bicyclic) bond motifs is 1. The topological polar surface area (TPSA) is 37.8 Å². The molecule has 3 rings (SSSR count). The van der Waals surface area contributed by atoms with Crippen molar-refractivity contribution in [2.45, 2.75) is 38.3 Å². The van der Waals surface area contributed by atoms with Gasteiger partial charge in [-0.2, -0.15) is 10.2 Å². The minimum atomic E-state index is 0.439. The predicted molar refractivity (Wildman–Crippen MR) is 75.7 cm³/mol. The Labute approximate surface area is 114 Å². The Bertz CT molecular complexity index is 539. The van der Waals surface area contributed by atoms with Gasteiger partial charge in [-0.3, -0.25) is 0 Å². The monoisotopic (exact) mass is 253 g/mol. The van der Waals surface area contributed by atoms with Gasteiger partial charge in [0.2, 0.25) is 0 Å². The molecule has 0 bridgehead atoms. The van der Waals surface area contributed by atoms with Crippen LogP contribution in [-0.4, -0.2) is 10.2 Å². The Hall–Kier alpha value is -1.74. The van der Waals surface area contributed by atoms with Crippen LogP contribution in [0.15, 0.2) is 42.6 Å². The highest BCUT2D eigenvalue weighted by Gasteiger charge is 2.23. The quantitative estimate of drug-likeness (QED) is 0.912. The normalized spacial score (nSPS) is 21.9. The Morgan fingerprint density at radius 3 is 2.74 bits per heavy atom. The molecule has 2 aromatic rings. The van der Waals surface area contributed by atoms with Crippen molar-refractivity contribution < 1.29 is 0 Å². The van der Waals surface area contributed by atoms with Gasteiger partial charge in [-0.15, -0.1) is 0 Å². The molecule has 0 saturated heterocycles. The van der Waals surface area contributed by atoms with Crippen LogP contribution in [0, 0.1) is 0 Å². The molecule has 1 aliphatic carbocycles. The molecule has 3 nitrogen and oxygen atoms in total. The minimum absolute atomic E-state index is 0.439. The van der Waals surface area contributed by atoms with Crippen LogP contribution in [0.25, 0.3) is 0 Å². The van der Waals surface area contributed by atoms with E-state index in [0.717, 1.165) is 12.2 Å². The van der Waals surface area contributed by atoms with Crippen LogP contribution in [0.2, 0.25) is 0 Å². The molecule has 0 fully saturated rings. The summed E-state index contributed by atoms with van der Waals surface area (Å²) in [4.78, 5) is 0. The van der Waals surface area contributed by atoms with Crippen LogP contribution in [0.3, 0.4) is 0 Å². The molecular formula is C16H19N3. The van der Waals surface area contributed by atoms with Crippen molar-refractivity contribution in [1.29, 1.82) is 0 Å². The van der Waals surface area contributed by atoms with Crippen LogP contribution in [0.1, 0.15) is 48.5 Å². The molecule has 2 atom stereocenters. The van der Waals surface area contributed by atoms with Gasteiger partial charge >= 0.3 is 0 Å². The van der Waals surface area contributed by atoms with Crippen molar-refractivity contribution >= 4 is 0 Å². The van der Waals surface area contributed by atoms with E-state index < -0.39 is 0 Å². The van der Waals surface area contributed by atoms with Crippen LogP contribution in [-0.2, 0) is 6.54 Å². The summed E-state index contributed by atoms with van der Waals surface area (Å²) in [5, 5.41) is 11.6. The molecule has 1 heterocycles. The highest BCUT2D eigenvalue weighted by Crippen LogP contribution is 2.36.